The van der Waals surface area contributed by atoms with E-state index in [0.717, 1.165) is 23.9 Å². The fraction of sp³-hybridized carbons (Fsp3) is 0.190. The maximum atomic E-state index is 13.8. The second kappa shape index (κ2) is 10.7. The van der Waals surface area contributed by atoms with Crippen molar-refractivity contribution in [1.29, 1.82) is 0 Å². The van der Waals surface area contributed by atoms with Crippen LogP contribution < -0.4 is 5.32 Å². The van der Waals surface area contributed by atoms with E-state index in [9.17, 15) is 27.2 Å². The third kappa shape index (κ3) is 6.13. The first-order valence-electron chi connectivity index (χ1n) is 9.24. The number of hydrogen-bond acceptors (Lipinski definition) is 5. The fourth-order valence-electron chi connectivity index (χ4n) is 2.80. The monoisotopic (exact) mass is 483 g/mol. The maximum absolute atomic E-state index is 13.8. The highest BCUT2D eigenvalue weighted by Gasteiger charge is 2.38. The van der Waals surface area contributed by atoms with Crippen LogP contribution in [-0.2, 0) is 9.59 Å². The summed E-state index contributed by atoms with van der Waals surface area (Å²) in [5, 5.41) is 1.86. The number of aliphatic imine (C=N–C) groups is 1. The fourth-order valence-corrected chi connectivity index (χ4v) is 4.46. The van der Waals surface area contributed by atoms with Gasteiger partial charge < -0.3 is 5.32 Å². The average molecular weight is 484 g/mol. The van der Waals surface area contributed by atoms with Gasteiger partial charge in [0.25, 0.3) is 5.76 Å². The molecule has 11 heteroatoms. The first-order valence-corrected chi connectivity index (χ1v) is 11.0. The predicted molar refractivity (Wildman–Crippen MR) is 118 cm³/mol. The smallest absolute Gasteiger partial charge is 0.288 e. The lowest BCUT2D eigenvalue weighted by molar-refractivity contribution is -0.127. The van der Waals surface area contributed by atoms with Crippen LogP contribution in [-0.4, -0.2) is 39.4 Å². The summed E-state index contributed by atoms with van der Waals surface area (Å²) in [4.78, 5) is 31.2. The molecule has 1 atom stereocenters. The van der Waals surface area contributed by atoms with Crippen LogP contribution in [0.25, 0.3) is 0 Å². The standard InChI is InChI=1S/C21H17F4N3O2S2/c1-2-9-28-19(30)17(11-18(29)27-16-8-3-12(22)10-15(16)23)32-21(28)26-13-4-6-14(7-5-13)31-20(24)25/h2-8,10,17,20H,1,9,11H2,(H,27,29)/t17-/m0/s1. The van der Waals surface area contributed by atoms with Gasteiger partial charge in [-0.1, -0.05) is 29.6 Å². The number of benzene rings is 2. The Morgan fingerprint density at radius 2 is 1.97 bits per heavy atom. The van der Waals surface area contributed by atoms with Crippen molar-refractivity contribution in [1.82, 2.24) is 4.90 Å². The highest BCUT2D eigenvalue weighted by atomic mass is 32.2. The molecule has 1 aliphatic rings. The molecule has 32 heavy (non-hydrogen) atoms. The number of hydrogen-bond donors (Lipinski definition) is 1. The quantitative estimate of drug-likeness (QED) is 0.309. The van der Waals surface area contributed by atoms with Gasteiger partial charge in [-0.15, -0.1) is 6.58 Å². The predicted octanol–water partition coefficient (Wildman–Crippen LogP) is 5.43. The van der Waals surface area contributed by atoms with Crippen LogP contribution in [0.1, 0.15) is 6.42 Å². The third-order valence-electron chi connectivity index (χ3n) is 4.19. The Kier molecular flexibility index (Phi) is 7.97. The molecule has 1 N–H and O–H groups in total. The summed E-state index contributed by atoms with van der Waals surface area (Å²) in [6.07, 6.45) is 1.25. The molecule has 1 heterocycles. The first-order chi connectivity index (χ1) is 15.3. The average Bonchev–Trinajstić information content (AvgIpc) is 3.00. The van der Waals surface area contributed by atoms with Crippen LogP contribution >= 0.6 is 23.5 Å². The van der Waals surface area contributed by atoms with Crippen molar-refractivity contribution in [2.75, 3.05) is 11.9 Å². The van der Waals surface area contributed by atoms with E-state index in [0.29, 0.717) is 33.6 Å². The van der Waals surface area contributed by atoms with Crippen LogP contribution in [0.3, 0.4) is 0 Å². The molecule has 0 aromatic heterocycles. The lowest BCUT2D eigenvalue weighted by atomic mass is 10.2. The van der Waals surface area contributed by atoms with Gasteiger partial charge in [0, 0.05) is 23.9 Å². The molecule has 0 aliphatic carbocycles. The number of nitrogens with one attached hydrogen (secondary N) is 1. The van der Waals surface area contributed by atoms with E-state index < -0.39 is 28.5 Å². The summed E-state index contributed by atoms with van der Waals surface area (Å²) in [5.41, 5.74) is 0.261. The van der Waals surface area contributed by atoms with E-state index in [1.54, 1.807) is 12.1 Å². The van der Waals surface area contributed by atoms with Gasteiger partial charge in [-0.3, -0.25) is 14.5 Å². The zero-order valence-electron chi connectivity index (χ0n) is 16.4. The van der Waals surface area contributed by atoms with E-state index >= 15 is 0 Å². The third-order valence-corrected chi connectivity index (χ3v) is 6.09. The van der Waals surface area contributed by atoms with Crippen molar-refractivity contribution in [2.45, 2.75) is 22.3 Å². The van der Waals surface area contributed by atoms with Crippen LogP contribution in [0.2, 0.25) is 0 Å². The van der Waals surface area contributed by atoms with Crippen molar-refractivity contribution in [2.24, 2.45) is 4.99 Å². The molecule has 0 bridgehead atoms. The Hall–Kier alpha value is -2.79. The minimum Gasteiger partial charge on any atom is -0.324 e. The zero-order valence-corrected chi connectivity index (χ0v) is 18.1. The summed E-state index contributed by atoms with van der Waals surface area (Å²) >= 11 is 1.47. The minimum absolute atomic E-state index is 0.161. The lowest BCUT2D eigenvalue weighted by Crippen LogP contribution is -2.33. The van der Waals surface area contributed by atoms with Crippen LogP contribution in [0.15, 0.2) is 65.0 Å². The number of amides is 2. The van der Waals surface area contributed by atoms with Gasteiger partial charge in [-0.2, -0.15) is 8.78 Å². The molecule has 0 radical (unpaired) electrons. The van der Waals surface area contributed by atoms with Crippen LogP contribution in [0.4, 0.5) is 28.9 Å². The number of carbonyl (C=O) groups is 2. The molecule has 0 unspecified atom stereocenters. The second-order valence-electron chi connectivity index (χ2n) is 6.49. The van der Waals surface area contributed by atoms with Crippen molar-refractivity contribution < 1.29 is 27.2 Å². The Morgan fingerprint density at radius 3 is 2.59 bits per heavy atom. The molecule has 3 rings (SSSR count). The van der Waals surface area contributed by atoms with Gasteiger partial charge in [0.1, 0.15) is 16.9 Å². The second-order valence-corrected chi connectivity index (χ2v) is 8.72. The Bertz CT molecular complexity index is 1050. The Labute approximate surface area is 190 Å². The summed E-state index contributed by atoms with van der Waals surface area (Å²) in [6.45, 7) is 3.78. The molecule has 1 saturated heterocycles. The van der Waals surface area contributed by atoms with E-state index in [-0.39, 0.29) is 24.6 Å². The Balaban J connectivity index is 1.72. The van der Waals surface area contributed by atoms with Gasteiger partial charge in [-0.25, -0.2) is 13.8 Å². The molecule has 1 fully saturated rings. The van der Waals surface area contributed by atoms with Crippen LogP contribution in [0, 0.1) is 11.6 Å². The molecular weight excluding hydrogens is 466 g/mol. The SMILES string of the molecule is C=CCN1C(=O)[C@H](CC(=O)Nc2ccc(F)cc2F)SC1=Nc1ccc(SC(F)F)cc1. The number of halogens is 4. The minimum atomic E-state index is -2.53. The largest absolute Gasteiger partial charge is 0.324 e. The number of thioether (sulfide) groups is 2. The van der Waals surface area contributed by atoms with Gasteiger partial charge in [0.15, 0.2) is 5.17 Å². The van der Waals surface area contributed by atoms with Crippen molar-refractivity contribution in [3.63, 3.8) is 0 Å². The number of alkyl halides is 2. The summed E-state index contributed by atoms with van der Waals surface area (Å²) in [5.74, 6) is -5.21. The Morgan fingerprint density at radius 1 is 1.25 bits per heavy atom. The van der Waals surface area contributed by atoms with Crippen LogP contribution in [0.5, 0.6) is 0 Å². The summed E-state index contributed by atoms with van der Waals surface area (Å²) < 4.78 is 51.7. The van der Waals surface area contributed by atoms with E-state index in [2.05, 4.69) is 16.9 Å². The normalized spacial score (nSPS) is 17.3. The first kappa shape index (κ1) is 23.9. The lowest BCUT2D eigenvalue weighted by Gasteiger charge is -2.14. The highest BCUT2D eigenvalue weighted by molar-refractivity contribution is 8.15. The molecule has 0 spiro atoms. The number of carbonyl (C=O) groups excluding carboxylic acids is 2. The molecule has 1 aliphatic heterocycles. The van der Waals surface area contributed by atoms with Gasteiger partial charge in [0.05, 0.1) is 11.4 Å². The van der Waals surface area contributed by atoms with Crippen molar-refractivity contribution >= 4 is 51.9 Å². The van der Waals surface area contributed by atoms with Gasteiger partial charge >= 0.3 is 0 Å². The highest BCUT2D eigenvalue weighted by Crippen LogP contribution is 2.33. The van der Waals surface area contributed by atoms with Crippen molar-refractivity contribution in [3.05, 3.63) is 66.8 Å². The summed E-state index contributed by atoms with van der Waals surface area (Å²) in [7, 11) is 0. The zero-order chi connectivity index (χ0) is 23.3. The molecule has 0 saturated carbocycles. The van der Waals surface area contributed by atoms with Gasteiger partial charge in [-0.05, 0) is 36.4 Å². The van der Waals surface area contributed by atoms with E-state index in [1.807, 2.05) is 0 Å². The number of anilines is 1. The van der Waals surface area contributed by atoms with E-state index in [1.165, 1.54) is 23.1 Å². The number of rotatable bonds is 8. The number of amidine groups is 1. The molecule has 5 nitrogen and oxygen atoms in total. The maximum Gasteiger partial charge on any atom is 0.288 e. The number of nitrogens with zero attached hydrogens (tertiary/aromatic N) is 2. The molecule has 2 aromatic carbocycles. The topological polar surface area (TPSA) is 61.8 Å². The van der Waals surface area contributed by atoms with Gasteiger partial charge in [0.2, 0.25) is 11.8 Å². The molecular formula is C21H17F4N3O2S2. The molecule has 168 valence electrons. The summed E-state index contributed by atoms with van der Waals surface area (Å²) in [6, 6.07) is 8.84. The van der Waals surface area contributed by atoms with E-state index in [4.69, 9.17) is 0 Å². The molecule has 2 aromatic rings. The van der Waals surface area contributed by atoms with Crippen molar-refractivity contribution in [3.8, 4) is 0 Å². The molecule has 2 amide bonds.